The lowest BCUT2D eigenvalue weighted by Crippen LogP contribution is -2.11. The van der Waals surface area contributed by atoms with Gasteiger partial charge in [-0.1, -0.05) is 19.0 Å². The van der Waals surface area contributed by atoms with Crippen molar-refractivity contribution in [3.8, 4) is 0 Å². The van der Waals surface area contributed by atoms with Gasteiger partial charge in [-0.05, 0) is 6.07 Å². The summed E-state index contributed by atoms with van der Waals surface area (Å²) < 4.78 is 42.0. The monoisotopic (exact) mass is 305 g/mol. The third-order valence-corrected chi connectivity index (χ3v) is 3.29. The number of halogens is 3. The summed E-state index contributed by atoms with van der Waals surface area (Å²) in [6, 6.07) is 0.637. The molecule has 2 heterocycles. The Bertz CT molecular complexity index is 618. The first-order valence-electron chi connectivity index (χ1n) is 5.58. The van der Waals surface area contributed by atoms with Crippen LogP contribution in [0.2, 0.25) is 0 Å². The molecule has 0 bridgehead atoms. The first-order valence-corrected chi connectivity index (χ1v) is 6.46. The van der Waals surface area contributed by atoms with E-state index >= 15 is 0 Å². The summed E-state index contributed by atoms with van der Waals surface area (Å²) >= 11 is 0.453. The van der Waals surface area contributed by atoms with Gasteiger partial charge in [0.05, 0.1) is 5.56 Å². The van der Waals surface area contributed by atoms with E-state index in [1.54, 1.807) is 0 Å². The Morgan fingerprint density at radius 1 is 1.45 bits per heavy atom. The number of amides is 1. The van der Waals surface area contributed by atoms with Crippen LogP contribution in [-0.4, -0.2) is 16.0 Å². The van der Waals surface area contributed by atoms with Crippen molar-refractivity contribution in [3.63, 3.8) is 0 Å². The molecule has 1 N–H and O–H groups in total. The standard InChI is InChI=1S/C11H10F3N3O2S/c1-5(2)8-15-10(19-17-8)16-9(18)6-3-7(20-4-6)11(12,13)14/h3-5H,1-2H3,(H,15,16,17,18). The number of hydrogen-bond donors (Lipinski definition) is 1. The van der Waals surface area contributed by atoms with Gasteiger partial charge in [0.25, 0.3) is 5.91 Å². The molecular formula is C11H10F3N3O2S. The van der Waals surface area contributed by atoms with E-state index in [2.05, 4.69) is 15.5 Å². The molecule has 0 aliphatic rings. The Balaban J connectivity index is 2.10. The summed E-state index contributed by atoms with van der Waals surface area (Å²) in [4.78, 5) is 14.8. The quantitative estimate of drug-likeness (QED) is 0.942. The number of rotatable bonds is 3. The van der Waals surface area contributed by atoms with Crippen LogP contribution in [0.3, 0.4) is 0 Å². The number of anilines is 1. The first-order chi connectivity index (χ1) is 9.27. The third kappa shape index (κ3) is 3.16. The smallest absolute Gasteiger partial charge is 0.315 e. The lowest BCUT2D eigenvalue weighted by Gasteiger charge is -2.00. The highest BCUT2D eigenvalue weighted by atomic mass is 32.1. The van der Waals surface area contributed by atoms with Gasteiger partial charge >= 0.3 is 12.2 Å². The second-order valence-corrected chi connectivity index (χ2v) is 5.18. The molecule has 0 atom stereocenters. The van der Waals surface area contributed by atoms with Crippen molar-refractivity contribution in [1.29, 1.82) is 0 Å². The molecule has 0 saturated heterocycles. The molecule has 9 heteroatoms. The average molecular weight is 305 g/mol. The van der Waals surface area contributed by atoms with Gasteiger partial charge in [0.15, 0.2) is 5.82 Å². The van der Waals surface area contributed by atoms with Crippen LogP contribution >= 0.6 is 11.3 Å². The van der Waals surface area contributed by atoms with E-state index in [1.165, 1.54) is 0 Å². The van der Waals surface area contributed by atoms with Crippen LogP contribution in [-0.2, 0) is 6.18 Å². The Labute approximate surface area is 115 Å². The Kier molecular flexibility index (Phi) is 3.80. The molecule has 0 aromatic carbocycles. The summed E-state index contributed by atoms with van der Waals surface area (Å²) in [5.41, 5.74) is -0.105. The number of alkyl halides is 3. The van der Waals surface area contributed by atoms with E-state index in [0.717, 1.165) is 11.4 Å². The largest absolute Gasteiger partial charge is 0.425 e. The minimum atomic E-state index is -4.46. The Morgan fingerprint density at radius 2 is 2.15 bits per heavy atom. The molecule has 5 nitrogen and oxygen atoms in total. The fourth-order valence-corrected chi connectivity index (χ4v) is 2.05. The van der Waals surface area contributed by atoms with Gasteiger partial charge in [-0.3, -0.25) is 10.1 Å². The van der Waals surface area contributed by atoms with Gasteiger partial charge in [0.1, 0.15) is 4.88 Å². The molecule has 0 saturated carbocycles. The van der Waals surface area contributed by atoms with Crippen molar-refractivity contribution in [2.24, 2.45) is 0 Å². The first kappa shape index (κ1) is 14.5. The third-order valence-electron chi connectivity index (χ3n) is 2.32. The van der Waals surface area contributed by atoms with Crippen LogP contribution < -0.4 is 5.32 Å². The van der Waals surface area contributed by atoms with Crippen molar-refractivity contribution < 1.29 is 22.5 Å². The molecule has 0 spiro atoms. The minimum absolute atomic E-state index is 0.0161. The molecule has 108 valence electrons. The second-order valence-electron chi connectivity index (χ2n) is 4.26. The van der Waals surface area contributed by atoms with Gasteiger partial charge in [-0.2, -0.15) is 18.2 Å². The van der Waals surface area contributed by atoms with E-state index in [-0.39, 0.29) is 17.5 Å². The minimum Gasteiger partial charge on any atom is -0.315 e. The summed E-state index contributed by atoms with van der Waals surface area (Å²) in [7, 11) is 0. The van der Waals surface area contributed by atoms with E-state index in [1.807, 2.05) is 13.8 Å². The fraction of sp³-hybridized carbons (Fsp3) is 0.364. The van der Waals surface area contributed by atoms with E-state index in [4.69, 9.17) is 4.52 Å². The number of hydrogen-bond acceptors (Lipinski definition) is 5. The van der Waals surface area contributed by atoms with E-state index < -0.39 is 17.0 Å². The van der Waals surface area contributed by atoms with Crippen molar-refractivity contribution in [1.82, 2.24) is 10.1 Å². The zero-order valence-electron chi connectivity index (χ0n) is 10.5. The maximum atomic E-state index is 12.4. The topological polar surface area (TPSA) is 68.0 Å². The van der Waals surface area contributed by atoms with Crippen molar-refractivity contribution >= 4 is 23.3 Å². The van der Waals surface area contributed by atoms with Gasteiger partial charge in [-0.25, -0.2) is 0 Å². The maximum Gasteiger partial charge on any atom is 0.425 e. The van der Waals surface area contributed by atoms with Crippen molar-refractivity contribution in [3.05, 3.63) is 27.7 Å². The number of carbonyl (C=O) groups is 1. The lowest BCUT2D eigenvalue weighted by atomic mass is 10.2. The average Bonchev–Trinajstić information content (AvgIpc) is 2.95. The molecule has 0 aliphatic heterocycles. The molecule has 0 fully saturated rings. The van der Waals surface area contributed by atoms with Gasteiger partial charge in [0, 0.05) is 11.3 Å². The maximum absolute atomic E-state index is 12.4. The molecule has 2 aromatic rings. The van der Waals surface area contributed by atoms with Crippen LogP contribution in [0.1, 0.15) is 40.8 Å². The molecule has 1 amide bonds. The van der Waals surface area contributed by atoms with Crippen LogP contribution in [0.5, 0.6) is 0 Å². The van der Waals surface area contributed by atoms with Crippen LogP contribution in [0.25, 0.3) is 0 Å². The van der Waals surface area contributed by atoms with E-state index in [9.17, 15) is 18.0 Å². The highest BCUT2D eigenvalue weighted by Gasteiger charge is 2.33. The number of nitrogens with zero attached hydrogens (tertiary/aromatic N) is 2. The molecule has 0 aliphatic carbocycles. The zero-order valence-corrected chi connectivity index (χ0v) is 11.3. The molecule has 20 heavy (non-hydrogen) atoms. The van der Waals surface area contributed by atoms with E-state index in [0.29, 0.717) is 17.2 Å². The second kappa shape index (κ2) is 5.23. The van der Waals surface area contributed by atoms with Crippen LogP contribution in [0.15, 0.2) is 16.0 Å². The summed E-state index contributed by atoms with van der Waals surface area (Å²) in [5, 5.41) is 7.01. The molecule has 0 unspecified atom stereocenters. The molecule has 2 aromatic heterocycles. The van der Waals surface area contributed by atoms with Gasteiger partial charge in [0.2, 0.25) is 0 Å². The summed E-state index contributed by atoms with van der Waals surface area (Å²) in [5.74, 6) is -0.306. The van der Waals surface area contributed by atoms with Crippen LogP contribution in [0, 0.1) is 0 Å². The molecular weight excluding hydrogens is 295 g/mol. The summed E-state index contributed by atoms with van der Waals surface area (Å²) in [6.07, 6.45) is -4.46. The van der Waals surface area contributed by atoms with Gasteiger partial charge < -0.3 is 4.52 Å². The van der Waals surface area contributed by atoms with Crippen molar-refractivity contribution in [2.45, 2.75) is 25.9 Å². The summed E-state index contributed by atoms with van der Waals surface area (Å²) in [6.45, 7) is 3.68. The molecule has 0 radical (unpaired) electrons. The highest BCUT2D eigenvalue weighted by Crippen LogP contribution is 2.34. The Hall–Kier alpha value is -1.90. The molecule has 2 rings (SSSR count). The highest BCUT2D eigenvalue weighted by molar-refractivity contribution is 7.10. The zero-order chi connectivity index (χ0) is 14.9. The van der Waals surface area contributed by atoms with Crippen molar-refractivity contribution in [2.75, 3.05) is 5.32 Å². The Morgan fingerprint density at radius 3 is 2.65 bits per heavy atom. The SMILES string of the molecule is CC(C)c1noc(NC(=O)c2csc(C(F)(F)F)c2)n1. The van der Waals surface area contributed by atoms with Gasteiger partial charge in [-0.15, -0.1) is 11.3 Å². The number of aromatic nitrogens is 2. The number of thiophene rings is 1. The normalized spacial score (nSPS) is 11.9. The predicted molar refractivity (Wildman–Crippen MR) is 65.7 cm³/mol. The number of carbonyl (C=O) groups excluding carboxylic acids is 1. The fourth-order valence-electron chi connectivity index (χ4n) is 1.29. The lowest BCUT2D eigenvalue weighted by molar-refractivity contribution is -0.134. The van der Waals surface area contributed by atoms with Crippen LogP contribution in [0.4, 0.5) is 19.2 Å². The number of nitrogens with one attached hydrogen (secondary N) is 1. The predicted octanol–water partition coefficient (Wildman–Crippen LogP) is 3.53.